The third-order valence-electron chi connectivity index (χ3n) is 6.31. The molecule has 1 rings (SSSR count). The van der Waals surface area contributed by atoms with Crippen LogP contribution < -0.4 is 5.30 Å². The summed E-state index contributed by atoms with van der Waals surface area (Å²) in [4.78, 5) is 0. The molecule has 0 saturated carbocycles. The topological polar surface area (TPSA) is 0 Å². The largest absolute Gasteiger partial charge is 0.389 e. The summed E-state index contributed by atoms with van der Waals surface area (Å²) in [5, 5.41) is 0.512. The molecule has 0 nitrogen and oxygen atoms in total. The van der Waals surface area contributed by atoms with Crippen LogP contribution in [0.4, 0.5) is 26.3 Å². The van der Waals surface area contributed by atoms with E-state index in [1.807, 2.05) is 6.92 Å². The Hall–Kier alpha value is -0.770. The minimum absolute atomic E-state index is 0.0398. The Morgan fingerprint density at radius 2 is 1.45 bits per heavy atom. The fraction of sp³-hybridized carbons (Fsp3) is 0.769. The first-order valence-electron chi connectivity index (χ1n) is 12.4. The quantitative estimate of drug-likeness (QED) is 0.114. The maximum atomic E-state index is 15.4. The standard InChI is InChI=1S/C26H41F6P/c1-4-13-22(5-2)18-17-21(3)20-33(23-14-9-8-10-15-23)26(31,32)24(27)16-11-6-7-12-19-25(28,29)30/h8-10,14-15,21-22,24H,4-7,11-13,16-20H2,1-3H3. The lowest BCUT2D eigenvalue weighted by molar-refractivity contribution is -0.135. The highest BCUT2D eigenvalue weighted by Gasteiger charge is 2.48. The fourth-order valence-electron chi connectivity index (χ4n) is 4.24. The number of benzene rings is 1. The van der Waals surface area contributed by atoms with Crippen molar-refractivity contribution in [2.24, 2.45) is 11.8 Å². The summed E-state index contributed by atoms with van der Waals surface area (Å²) in [6.07, 6.45) is -1.44. The Balaban J connectivity index is 2.72. The number of alkyl halides is 6. The highest BCUT2D eigenvalue weighted by molar-refractivity contribution is 7.66. The molecule has 4 atom stereocenters. The van der Waals surface area contributed by atoms with Crippen molar-refractivity contribution in [3.8, 4) is 0 Å². The molecular weight excluding hydrogens is 457 g/mol. The Morgan fingerprint density at radius 3 is 2.03 bits per heavy atom. The second-order valence-corrected chi connectivity index (χ2v) is 11.6. The minimum atomic E-state index is -4.20. The van der Waals surface area contributed by atoms with Crippen LogP contribution in [0.3, 0.4) is 0 Å². The molecular formula is C26H41F6P. The first-order chi connectivity index (χ1) is 15.5. The molecule has 0 aliphatic carbocycles. The zero-order valence-corrected chi connectivity index (χ0v) is 21.2. The lowest BCUT2D eigenvalue weighted by atomic mass is 9.92. The van der Waals surface area contributed by atoms with Gasteiger partial charge >= 0.3 is 6.18 Å². The predicted molar refractivity (Wildman–Crippen MR) is 129 cm³/mol. The van der Waals surface area contributed by atoms with Crippen molar-refractivity contribution >= 4 is 13.2 Å². The van der Waals surface area contributed by atoms with Gasteiger partial charge in [-0.15, -0.1) is 0 Å². The predicted octanol–water partition coefficient (Wildman–Crippen LogP) is 9.87. The van der Waals surface area contributed by atoms with Gasteiger partial charge in [0.25, 0.3) is 5.66 Å². The van der Waals surface area contributed by atoms with E-state index in [0.29, 0.717) is 17.6 Å². The number of halogens is 6. The van der Waals surface area contributed by atoms with Crippen molar-refractivity contribution in [3.63, 3.8) is 0 Å². The fourth-order valence-corrected chi connectivity index (χ4v) is 6.84. The van der Waals surface area contributed by atoms with E-state index in [2.05, 4.69) is 13.8 Å². The van der Waals surface area contributed by atoms with Crippen molar-refractivity contribution < 1.29 is 26.3 Å². The van der Waals surface area contributed by atoms with Gasteiger partial charge in [-0.2, -0.15) is 22.0 Å². The van der Waals surface area contributed by atoms with Crippen molar-refractivity contribution in [2.75, 3.05) is 6.16 Å². The van der Waals surface area contributed by atoms with Crippen LogP contribution >= 0.6 is 7.92 Å². The zero-order valence-electron chi connectivity index (χ0n) is 20.3. The maximum Gasteiger partial charge on any atom is 0.389 e. The molecule has 0 radical (unpaired) electrons. The summed E-state index contributed by atoms with van der Waals surface area (Å²) >= 11 is 0. The zero-order chi connectivity index (χ0) is 24.9. The highest BCUT2D eigenvalue weighted by atomic mass is 31.1. The van der Waals surface area contributed by atoms with Gasteiger partial charge < -0.3 is 0 Å². The first-order valence-corrected chi connectivity index (χ1v) is 13.9. The molecule has 0 spiro atoms. The molecule has 1 aromatic rings. The van der Waals surface area contributed by atoms with E-state index in [4.69, 9.17) is 0 Å². The van der Waals surface area contributed by atoms with Crippen molar-refractivity contribution in [2.45, 2.75) is 109 Å². The molecule has 4 unspecified atom stereocenters. The summed E-state index contributed by atoms with van der Waals surface area (Å²) in [5.74, 6) is 0.676. The molecule has 192 valence electrons. The SMILES string of the molecule is CCCC(CC)CCC(C)CP(c1ccccc1)C(F)(F)C(F)CCCCCCC(F)(F)F. The van der Waals surface area contributed by atoms with Gasteiger partial charge in [0.05, 0.1) is 0 Å². The minimum Gasteiger partial charge on any atom is -0.240 e. The van der Waals surface area contributed by atoms with E-state index in [0.717, 1.165) is 32.1 Å². The van der Waals surface area contributed by atoms with E-state index < -0.39 is 32.4 Å². The summed E-state index contributed by atoms with van der Waals surface area (Å²) in [7, 11) is -2.02. The van der Waals surface area contributed by atoms with Crippen molar-refractivity contribution in [1.29, 1.82) is 0 Å². The van der Waals surface area contributed by atoms with Gasteiger partial charge in [-0.05, 0) is 36.1 Å². The van der Waals surface area contributed by atoms with E-state index >= 15 is 8.78 Å². The molecule has 7 heteroatoms. The summed E-state index contributed by atoms with van der Waals surface area (Å²) in [6.45, 7) is 6.30. The Morgan fingerprint density at radius 1 is 0.818 bits per heavy atom. The second kappa shape index (κ2) is 15.3. The summed E-state index contributed by atoms with van der Waals surface area (Å²) in [5.41, 5.74) is -3.45. The third-order valence-corrected chi connectivity index (χ3v) is 9.22. The van der Waals surface area contributed by atoms with Gasteiger partial charge in [0.2, 0.25) is 0 Å². The van der Waals surface area contributed by atoms with Gasteiger partial charge in [-0.25, -0.2) is 4.39 Å². The monoisotopic (exact) mass is 498 g/mol. The van der Waals surface area contributed by atoms with E-state index in [9.17, 15) is 17.6 Å². The molecule has 0 aromatic heterocycles. The van der Waals surface area contributed by atoms with Crippen molar-refractivity contribution in [3.05, 3.63) is 30.3 Å². The van der Waals surface area contributed by atoms with E-state index in [-0.39, 0.29) is 37.8 Å². The lowest BCUT2D eigenvalue weighted by Crippen LogP contribution is -2.33. The Labute approximate surface area is 197 Å². The molecule has 0 amide bonds. The number of rotatable bonds is 17. The van der Waals surface area contributed by atoms with Crippen LogP contribution in [-0.2, 0) is 0 Å². The smallest absolute Gasteiger partial charge is 0.240 e. The van der Waals surface area contributed by atoms with Crippen LogP contribution in [0, 0.1) is 11.8 Å². The molecule has 1 aromatic carbocycles. The third kappa shape index (κ3) is 12.0. The van der Waals surface area contributed by atoms with E-state index in [1.54, 1.807) is 30.3 Å². The van der Waals surface area contributed by atoms with Crippen molar-refractivity contribution in [1.82, 2.24) is 0 Å². The molecule has 0 heterocycles. The Kier molecular flexibility index (Phi) is 14.0. The van der Waals surface area contributed by atoms with Gasteiger partial charge in [0.1, 0.15) is 0 Å². The summed E-state index contributed by atoms with van der Waals surface area (Å²) < 4.78 is 82.1. The van der Waals surface area contributed by atoms with Crippen LogP contribution in [0.2, 0.25) is 0 Å². The molecule has 0 bridgehead atoms. The van der Waals surface area contributed by atoms with Gasteiger partial charge in [-0.1, -0.05) is 102 Å². The van der Waals surface area contributed by atoms with Crippen LogP contribution in [0.1, 0.15) is 91.4 Å². The number of unbranched alkanes of at least 4 members (excludes halogenated alkanes) is 3. The molecule has 0 aliphatic rings. The second-order valence-electron chi connectivity index (χ2n) is 9.32. The normalized spacial score (nSPS) is 16.4. The molecule has 0 aliphatic heterocycles. The Bertz CT molecular complexity index is 619. The summed E-state index contributed by atoms with van der Waals surface area (Å²) in [6, 6.07) is 8.54. The van der Waals surface area contributed by atoms with Crippen LogP contribution in [-0.4, -0.2) is 24.2 Å². The average molecular weight is 499 g/mol. The van der Waals surface area contributed by atoms with Crippen LogP contribution in [0.25, 0.3) is 0 Å². The van der Waals surface area contributed by atoms with Gasteiger partial charge in [0.15, 0.2) is 6.17 Å². The average Bonchev–Trinajstić information content (AvgIpc) is 2.76. The maximum absolute atomic E-state index is 15.4. The number of hydrogen-bond acceptors (Lipinski definition) is 0. The molecule has 0 saturated heterocycles. The van der Waals surface area contributed by atoms with E-state index in [1.165, 1.54) is 0 Å². The van der Waals surface area contributed by atoms with Crippen LogP contribution in [0.5, 0.6) is 0 Å². The van der Waals surface area contributed by atoms with Gasteiger partial charge in [-0.3, -0.25) is 0 Å². The molecule has 33 heavy (non-hydrogen) atoms. The molecule has 0 fully saturated rings. The van der Waals surface area contributed by atoms with Crippen LogP contribution in [0.15, 0.2) is 30.3 Å². The lowest BCUT2D eigenvalue weighted by Gasteiger charge is -2.32. The highest BCUT2D eigenvalue weighted by Crippen LogP contribution is 2.56. The number of hydrogen-bond donors (Lipinski definition) is 0. The molecule has 0 N–H and O–H groups in total. The van der Waals surface area contributed by atoms with Gasteiger partial charge in [0, 0.05) is 14.3 Å². The first kappa shape index (κ1) is 30.3.